The molecule has 0 aromatic rings. The zero-order valence-electron chi connectivity index (χ0n) is 13.3. The average molecular weight is 296 g/mol. The van der Waals surface area contributed by atoms with Crippen molar-refractivity contribution in [2.75, 3.05) is 20.2 Å². The van der Waals surface area contributed by atoms with Crippen LogP contribution in [0.25, 0.3) is 0 Å². The minimum Gasteiger partial charge on any atom is -0.469 e. The first-order valence-corrected chi connectivity index (χ1v) is 8.24. The number of carbonyl (C=O) groups is 2. The molecule has 1 N–H and O–H groups in total. The molecule has 1 saturated carbocycles. The number of ether oxygens (including phenoxy) is 1. The highest BCUT2D eigenvalue weighted by Crippen LogP contribution is 2.21. The predicted octanol–water partition coefficient (Wildman–Crippen LogP) is 1.71. The Morgan fingerprint density at radius 2 is 1.71 bits per heavy atom. The molecule has 1 unspecified atom stereocenters. The normalized spacial score (nSPS) is 23.5. The summed E-state index contributed by atoms with van der Waals surface area (Å²) in [7, 11) is 1.44. The Morgan fingerprint density at radius 1 is 1.10 bits per heavy atom. The molecular formula is C16H28N2O3. The summed E-state index contributed by atoms with van der Waals surface area (Å²) in [5.74, 6) is 0.0206. The molecule has 0 spiro atoms. The second-order valence-corrected chi connectivity index (χ2v) is 6.35. The van der Waals surface area contributed by atoms with E-state index >= 15 is 0 Å². The molecule has 1 heterocycles. The Bertz CT molecular complexity index is 359. The van der Waals surface area contributed by atoms with E-state index in [9.17, 15) is 9.59 Å². The number of esters is 1. The Morgan fingerprint density at radius 3 is 2.29 bits per heavy atom. The smallest absolute Gasteiger partial charge is 0.308 e. The summed E-state index contributed by atoms with van der Waals surface area (Å²) in [5.41, 5.74) is 0. The van der Waals surface area contributed by atoms with Gasteiger partial charge in [-0.2, -0.15) is 0 Å². The van der Waals surface area contributed by atoms with Gasteiger partial charge in [-0.3, -0.25) is 14.5 Å². The molecular weight excluding hydrogens is 268 g/mol. The highest BCUT2D eigenvalue weighted by atomic mass is 16.5. The Kier molecular flexibility index (Phi) is 6.03. The van der Waals surface area contributed by atoms with E-state index in [-0.39, 0.29) is 23.8 Å². The van der Waals surface area contributed by atoms with Crippen molar-refractivity contribution in [1.29, 1.82) is 0 Å². The van der Waals surface area contributed by atoms with E-state index in [0.717, 1.165) is 38.8 Å². The molecule has 21 heavy (non-hydrogen) atoms. The number of nitrogens with one attached hydrogen (secondary N) is 1. The maximum Gasteiger partial charge on any atom is 0.308 e. The lowest BCUT2D eigenvalue weighted by molar-refractivity contribution is -0.147. The molecule has 1 amide bonds. The number of hydrogen-bond donors (Lipinski definition) is 1. The van der Waals surface area contributed by atoms with Crippen LogP contribution in [-0.2, 0) is 14.3 Å². The van der Waals surface area contributed by atoms with Crippen molar-refractivity contribution >= 4 is 11.9 Å². The van der Waals surface area contributed by atoms with Crippen molar-refractivity contribution in [3.8, 4) is 0 Å². The number of piperidine rings is 1. The molecule has 1 aliphatic carbocycles. The first-order chi connectivity index (χ1) is 10.1. The summed E-state index contributed by atoms with van der Waals surface area (Å²) in [5, 5.41) is 3.19. The van der Waals surface area contributed by atoms with Gasteiger partial charge in [-0.05, 0) is 45.7 Å². The molecule has 2 rings (SSSR count). The van der Waals surface area contributed by atoms with Crippen LogP contribution in [0, 0.1) is 5.92 Å². The van der Waals surface area contributed by atoms with E-state index < -0.39 is 0 Å². The van der Waals surface area contributed by atoms with E-state index in [1.807, 2.05) is 6.92 Å². The highest BCUT2D eigenvalue weighted by molar-refractivity contribution is 5.81. The molecule has 0 aromatic carbocycles. The number of methoxy groups -OCH3 is 1. The number of amides is 1. The summed E-state index contributed by atoms with van der Waals surface area (Å²) >= 11 is 0. The van der Waals surface area contributed by atoms with Crippen molar-refractivity contribution in [1.82, 2.24) is 10.2 Å². The Balaban J connectivity index is 1.76. The van der Waals surface area contributed by atoms with Gasteiger partial charge in [-0.1, -0.05) is 19.3 Å². The van der Waals surface area contributed by atoms with Gasteiger partial charge in [0.05, 0.1) is 19.1 Å². The molecule has 2 aliphatic rings. The van der Waals surface area contributed by atoms with Crippen molar-refractivity contribution in [2.45, 2.75) is 64.0 Å². The lowest BCUT2D eigenvalue weighted by Crippen LogP contribution is -2.51. The van der Waals surface area contributed by atoms with Crippen LogP contribution < -0.4 is 5.32 Å². The van der Waals surface area contributed by atoms with Gasteiger partial charge in [0.25, 0.3) is 0 Å². The number of likely N-dealkylation sites (tertiary alicyclic amines) is 1. The second-order valence-electron chi connectivity index (χ2n) is 6.35. The zero-order chi connectivity index (χ0) is 15.2. The first-order valence-electron chi connectivity index (χ1n) is 8.24. The monoisotopic (exact) mass is 296 g/mol. The molecule has 0 bridgehead atoms. The Hall–Kier alpha value is -1.10. The van der Waals surface area contributed by atoms with Crippen LogP contribution in [0.2, 0.25) is 0 Å². The van der Waals surface area contributed by atoms with Crippen molar-refractivity contribution in [3.63, 3.8) is 0 Å². The number of carbonyl (C=O) groups excluding carboxylic acids is 2. The second kappa shape index (κ2) is 7.78. The number of nitrogens with zero attached hydrogens (tertiary/aromatic N) is 1. The standard InChI is InChI=1S/C16H28N2O3/c1-12(15(19)17-14-6-4-3-5-7-14)18-10-8-13(9-11-18)16(20)21-2/h12-14H,3-11H2,1-2H3,(H,17,19). The molecule has 1 atom stereocenters. The van der Waals surface area contributed by atoms with Gasteiger partial charge < -0.3 is 10.1 Å². The van der Waals surface area contributed by atoms with E-state index in [1.54, 1.807) is 0 Å². The third-order valence-electron chi connectivity index (χ3n) is 4.94. The maximum absolute atomic E-state index is 12.3. The molecule has 2 fully saturated rings. The van der Waals surface area contributed by atoms with Crippen LogP contribution in [0.5, 0.6) is 0 Å². The van der Waals surface area contributed by atoms with Crippen LogP contribution >= 0.6 is 0 Å². The van der Waals surface area contributed by atoms with Crippen LogP contribution in [0.4, 0.5) is 0 Å². The Labute approximate surface area is 127 Å². The van der Waals surface area contributed by atoms with Crippen LogP contribution in [0.1, 0.15) is 51.9 Å². The highest BCUT2D eigenvalue weighted by Gasteiger charge is 2.30. The molecule has 0 aromatic heterocycles. The molecule has 0 radical (unpaired) electrons. The van der Waals surface area contributed by atoms with Crippen molar-refractivity contribution in [2.24, 2.45) is 5.92 Å². The van der Waals surface area contributed by atoms with Crippen LogP contribution in [0.3, 0.4) is 0 Å². The fourth-order valence-electron chi connectivity index (χ4n) is 3.42. The molecule has 5 nitrogen and oxygen atoms in total. The van der Waals surface area contributed by atoms with Gasteiger partial charge in [-0.25, -0.2) is 0 Å². The largest absolute Gasteiger partial charge is 0.469 e. The lowest BCUT2D eigenvalue weighted by Gasteiger charge is -2.35. The quantitative estimate of drug-likeness (QED) is 0.802. The molecule has 1 aliphatic heterocycles. The van der Waals surface area contributed by atoms with Gasteiger partial charge in [0, 0.05) is 6.04 Å². The fourth-order valence-corrected chi connectivity index (χ4v) is 3.42. The van der Waals surface area contributed by atoms with Crippen molar-refractivity contribution in [3.05, 3.63) is 0 Å². The third-order valence-corrected chi connectivity index (χ3v) is 4.94. The van der Waals surface area contributed by atoms with Gasteiger partial charge in [0.15, 0.2) is 0 Å². The summed E-state index contributed by atoms with van der Waals surface area (Å²) < 4.78 is 4.80. The van der Waals surface area contributed by atoms with Crippen molar-refractivity contribution < 1.29 is 14.3 Å². The summed E-state index contributed by atoms with van der Waals surface area (Å²) in [6.45, 7) is 3.55. The van der Waals surface area contributed by atoms with E-state index in [2.05, 4.69) is 10.2 Å². The van der Waals surface area contributed by atoms with Gasteiger partial charge >= 0.3 is 5.97 Å². The number of rotatable bonds is 4. The molecule has 120 valence electrons. The van der Waals surface area contributed by atoms with E-state index in [1.165, 1.54) is 26.4 Å². The molecule has 5 heteroatoms. The third kappa shape index (κ3) is 4.43. The molecule has 1 saturated heterocycles. The maximum atomic E-state index is 12.3. The minimum atomic E-state index is -0.117. The average Bonchev–Trinajstić information content (AvgIpc) is 2.54. The van der Waals surface area contributed by atoms with Gasteiger partial charge in [0.2, 0.25) is 5.91 Å². The number of hydrogen-bond acceptors (Lipinski definition) is 4. The topological polar surface area (TPSA) is 58.6 Å². The summed E-state index contributed by atoms with van der Waals surface area (Å²) in [4.78, 5) is 26.0. The SMILES string of the molecule is COC(=O)C1CCN(C(C)C(=O)NC2CCCCC2)CC1. The zero-order valence-corrected chi connectivity index (χ0v) is 13.3. The van der Waals surface area contributed by atoms with E-state index in [4.69, 9.17) is 4.74 Å². The minimum absolute atomic E-state index is 0.000134. The lowest BCUT2D eigenvalue weighted by atomic mass is 9.94. The van der Waals surface area contributed by atoms with E-state index in [0.29, 0.717) is 6.04 Å². The van der Waals surface area contributed by atoms with Crippen LogP contribution in [0.15, 0.2) is 0 Å². The van der Waals surface area contributed by atoms with Gasteiger partial charge in [-0.15, -0.1) is 0 Å². The van der Waals surface area contributed by atoms with Crippen LogP contribution in [-0.4, -0.2) is 49.1 Å². The summed E-state index contributed by atoms with van der Waals surface area (Å²) in [6.07, 6.45) is 7.55. The van der Waals surface area contributed by atoms with Gasteiger partial charge in [0.1, 0.15) is 0 Å². The first kappa shape index (κ1) is 16.3. The fraction of sp³-hybridized carbons (Fsp3) is 0.875. The summed E-state index contributed by atoms with van der Waals surface area (Å²) in [6, 6.07) is 0.256. The predicted molar refractivity (Wildman–Crippen MR) is 80.8 cm³/mol.